The zero-order valence-corrected chi connectivity index (χ0v) is 25.4. The van der Waals surface area contributed by atoms with Crippen molar-refractivity contribution in [3.8, 4) is 0 Å². The number of carbonyl (C=O) groups is 2. The van der Waals surface area contributed by atoms with Gasteiger partial charge in [0.1, 0.15) is 5.60 Å². The van der Waals surface area contributed by atoms with Gasteiger partial charge in [-0.15, -0.1) is 11.8 Å². The minimum atomic E-state index is -4.66. The molecule has 1 saturated heterocycles. The van der Waals surface area contributed by atoms with E-state index in [1.807, 2.05) is 17.9 Å². The summed E-state index contributed by atoms with van der Waals surface area (Å²) in [7, 11) is 0. The maximum absolute atomic E-state index is 14.1. The van der Waals surface area contributed by atoms with Gasteiger partial charge in [-0.3, -0.25) is 9.69 Å². The van der Waals surface area contributed by atoms with Gasteiger partial charge < -0.3 is 15.0 Å². The summed E-state index contributed by atoms with van der Waals surface area (Å²) in [6.07, 6.45) is -5.10. The molecule has 12 heteroatoms. The van der Waals surface area contributed by atoms with E-state index in [4.69, 9.17) is 16.3 Å². The van der Waals surface area contributed by atoms with Gasteiger partial charge in [-0.25, -0.2) is 4.79 Å². The van der Waals surface area contributed by atoms with Gasteiger partial charge in [0.15, 0.2) is 0 Å². The van der Waals surface area contributed by atoms with E-state index < -0.39 is 29.3 Å². The van der Waals surface area contributed by atoms with E-state index in [1.165, 1.54) is 6.07 Å². The van der Waals surface area contributed by atoms with Gasteiger partial charge in [0.05, 0.1) is 5.56 Å². The van der Waals surface area contributed by atoms with Crippen LogP contribution in [0.1, 0.15) is 54.7 Å². The molecule has 1 N–H and O–H groups in total. The lowest BCUT2D eigenvalue weighted by Crippen LogP contribution is -2.49. The van der Waals surface area contributed by atoms with Crippen LogP contribution in [-0.4, -0.2) is 59.3 Å². The number of piperazine rings is 1. The molecule has 0 aromatic heterocycles. The maximum atomic E-state index is 14.1. The molecule has 214 valence electrons. The topological polar surface area (TPSA) is 61.9 Å². The average Bonchev–Trinajstić information content (AvgIpc) is 2.83. The monoisotopic (exact) mass is 649 g/mol. The summed E-state index contributed by atoms with van der Waals surface area (Å²) in [4.78, 5) is 29.6. The van der Waals surface area contributed by atoms with E-state index in [1.54, 1.807) is 49.6 Å². The number of carbonyl (C=O) groups excluding carboxylic acids is 2. The Morgan fingerprint density at radius 2 is 1.77 bits per heavy atom. The summed E-state index contributed by atoms with van der Waals surface area (Å²) in [6, 6.07) is 7.66. The molecule has 0 spiro atoms. The lowest BCUT2D eigenvalue weighted by Gasteiger charge is -2.36. The Kier molecular flexibility index (Phi) is 10.6. The van der Waals surface area contributed by atoms with Crippen LogP contribution in [-0.2, 0) is 24.0 Å². The third kappa shape index (κ3) is 9.03. The smallest absolute Gasteiger partial charge is 0.416 e. The first-order chi connectivity index (χ1) is 18.2. The third-order valence-corrected chi connectivity index (χ3v) is 7.87. The van der Waals surface area contributed by atoms with Crippen LogP contribution in [0.15, 0.2) is 39.7 Å². The number of alkyl halides is 3. The molecular weight excluding hydrogens is 619 g/mol. The van der Waals surface area contributed by atoms with Gasteiger partial charge in [0, 0.05) is 59.2 Å². The predicted octanol–water partition coefficient (Wildman–Crippen LogP) is 7.22. The van der Waals surface area contributed by atoms with E-state index in [-0.39, 0.29) is 28.7 Å². The van der Waals surface area contributed by atoms with Gasteiger partial charge in [-0.2, -0.15) is 13.2 Å². The molecule has 1 aliphatic rings. The molecule has 2 aromatic carbocycles. The van der Waals surface area contributed by atoms with Crippen molar-refractivity contribution in [3.63, 3.8) is 0 Å². The second-order valence-corrected chi connectivity index (χ2v) is 12.7. The van der Waals surface area contributed by atoms with Gasteiger partial charge in [0.25, 0.3) is 5.91 Å². The van der Waals surface area contributed by atoms with Gasteiger partial charge in [-0.1, -0.05) is 34.5 Å². The maximum Gasteiger partial charge on any atom is 0.416 e. The quantitative estimate of drug-likeness (QED) is 0.321. The first-order valence-electron chi connectivity index (χ1n) is 12.5. The fourth-order valence-electron chi connectivity index (χ4n) is 4.08. The second-order valence-electron chi connectivity index (χ2n) is 10.1. The molecule has 0 aliphatic carbocycles. The SMILES string of the molecule is CCSc1ccc(Cl)cc1CNC(=O)c1cc(Br)c(CN2CCN(C(=O)OC(C)(C)C)CC2)c(C(F)(F)F)c1. The number of hydrogen-bond donors (Lipinski definition) is 1. The van der Waals surface area contributed by atoms with Crippen molar-refractivity contribution in [1.29, 1.82) is 0 Å². The third-order valence-electron chi connectivity index (χ3n) is 5.93. The Labute approximate surface area is 244 Å². The highest BCUT2D eigenvalue weighted by atomic mass is 79.9. The Hall–Kier alpha value is -1.95. The molecule has 0 atom stereocenters. The summed E-state index contributed by atoms with van der Waals surface area (Å²) in [6.45, 7) is 8.95. The fourth-order valence-corrected chi connectivity index (χ4v) is 5.65. The summed E-state index contributed by atoms with van der Waals surface area (Å²) in [5.41, 5.74) is -0.762. The van der Waals surface area contributed by atoms with E-state index in [0.717, 1.165) is 22.3 Å². The first kappa shape index (κ1) is 31.6. The van der Waals surface area contributed by atoms with Crippen molar-refractivity contribution in [2.24, 2.45) is 0 Å². The number of nitrogens with zero attached hydrogens (tertiary/aromatic N) is 2. The molecule has 0 bridgehead atoms. The molecule has 0 saturated carbocycles. The molecule has 6 nitrogen and oxygen atoms in total. The molecule has 0 unspecified atom stereocenters. The summed E-state index contributed by atoms with van der Waals surface area (Å²) < 4.78 is 48.0. The largest absolute Gasteiger partial charge is 0.444 e. The lowest BCUT2D eigenvalue weighted by atomic mass is 10.0. The average molecular weight is 651 g/mol. The molecule has 39 heavy (non-hydrogen) atoms. The van der Waals surface area contributed by atoms with Crippen LogP contribution in [0, 0.1) is 0 Å². The number of nitrogens with one attached hydrogen (secondary N) is 1. The highest BCUT2D eigenvalue weighted by Gasteiger charge is 2.36. The van der Waals surface area contributed by atoms with Crippen molar-refractivity contribution < 1.29 is 27.5 Å². The van der Waals surface area contributed by atoms with E-state index >= 15 is 0 Å². The van der Waals surface area contributed by atoms with Crippen LogP contribution in [0.25, 0.3) is 0 Å². The second kappa shape index (κ2) is 13.1. The molecule has 2 amide bonds. The minimum absolute atomic E-state index is 0.0135. The summed E-state index contributed by atoms with van der Waals surface area (Å²) in [5.74, 6) is 0.202. The Morgan fingerprint density at radius 1 is 1.10 bits per heavy atom. The molecule has 0 radical (unpaired) electrons. The minimum Gasteiger partial charge on any atom is -0.444 e. The number of benzene rings is 2. The lowest BCUT2D eigenvalue weighted by molar-refractivity contribution is -0.138. The molecule has 3 rings (SSSR count). The van der Waals surface area contributed by atoms with Gasteiger partial charge in [0.2, 0.25) is 0 Å². The zero-order chi connectivity index (χ0) is 29.0. The molecular formula is C27H32BrClF3N3O3S. The number of halogens is 5. The van der Waals surface area contributed by atoms with E-state index in [0.29, 0.717) is 31.2 Å². The Morgan fingerprint density at radius 3 is 2.36 bits per heavy atom. The normalized spacial score (nSPS) is 14.8. The number of thioether (sulfide) groups is 1. The van der Waals surface area contributed by atoms with Crippen LogP contribution < -0.4 is 5.32 Å². The van der Waals surface area contributed by atoms with Crippen LogP contribution >= 0.6 is 39.3 Å². The van der Waals surface area contributed by atoms with Crippen molar-refractivity contribution in [1.82, 2.24) is 15.1 Å². The van der Waals surface area contributed by atoms with Crippen molar-refractivity contribution >= 4 is 51.3 Å². The van der Waals surface area contributed by atoms with Gasteiger partial charge in [-0.05, 0) is 68.0 Å². The van der Waals surface area contributed by atoms with Crippen LogP contribution in [0.2, 0.25) is 5.02 Å². The van der Waals surface area contributed by atoms with Gasteiger partial charge >= 0.3 is 12.3 Å². The number of rotatable bonds is 7. The standard InChI is InChI=1S/C27H32BrClF3N3O3S/c1-5-39-23-7-6-19(29)12-18(23)15-33-24(36)17-13-21(27(30,31)32)20(22(28)14-17)16-34-8-10-35(11-9-34)25(37)38-26(2,3)4/h6-7,12-14H,5,8-11,15-16H2,1-4H3,(H,33,36). The fraction of sp³-hybridized carbons (Fsp3) is 0.481. The summed E-state index contributed by atoms with van der Waals surface area (Å²) >= 11 is 11.0. The highest BCUT2D eigenvalue weighted by molar-refractivity contribution is 9.10. The molecule has 1 aliphatic heterocycles. The Bertz CT molecular complexity index is 1200. The van der Waals surface area contributed by atoms with E-state index in [2.05, 4.69) is 21.2 Å². The van der Waals surface area contributed by atoms with Crippen molar-refractivity contribution in [3.05, 3.63) is 62.1 Å². The summed E-state index contributed by atoms with van der Waals surface area (Å²) in [5, 5.41) is 3.23. The van der Waals surface area contributed by atoms with E-state index in [9.17, 15) is 22.8 Å². The molecule has 1 heterocycles. The molecule has 1 fully saturated rings. The number of amides is 2. The molecule has 2 aromatic rings. The van der Waals surface area contributed by atoms with Crippen molar-refractivity contribution in [2.45, 2.75) is 57.5 Å². The number of hydrogen-bond acceptors (Lipinski definition) is 5. The van der Waals surface area contributed by atoms with Crippen molar-refractivity contribution in [2.75, 3.05) is 31.9 Å². The van der Waals surface area contributed by atoms with Crippen LogP contribution in [0.5, 0.6) is 0 Å². The van der Waals surface area contributed by atoms with Crippen LogP contribution in [0.4, 0.5) is 18.0 Å². The Balaban J connectivity index is 1.73. The first-order valence-corrected chi connectivity index (χ1v) is 14.6. The zero-order valence-electron chi connectivity index (χ0n) is 22.3. The van der Waals surface area contributed by atoms with Crippen LogP contribution in [0.3, 0.4) is 0 Å². The predicted molar refractivity (Wildman–Crippen MR) is 151 cm³/mol. The highest BCUT2D eigenvalue weighted by Crippen LogP contribution is 2.37. The number of ether oxygens (including phenoxy) is 1.